The molecule has 2 heteroatoms. The predicted octanol–water partition coefficient (Wildman–Crippen LogP) is 11.6. The third-order valence-electron chi connectivity index (χ3n) is 8.41. The Morgan fingerprint density at radius 2 is 0.818 bits per heavy atom. The molecule has 0 bridgehead atoms. The molecule has 7 aromatic carbocycles. The zero-order valence-corrected chi connectivity index (χ0v) is 24.2. The summed E-state index contributed by atoms with van der Waals surface area (Å²) in [6, 6.07) is 65.0. The van der Waals surface area contributed by atoms with Gasteiger partial charge in [0.1, 0.15) is 0 Å². The summed E-state index contributed by atoms with van der Waals surface area (Å²) in [6.07, 6.45) is 0. The highest BCUT2D eigenvalue weighted by Crippen LogP contribution is 2.41. The van der Waals surface area contributed by atoms with Crippen LogP contribution in [-0.2, 0) is 0 Å². The highest BCUT2D eigenvalue weighted by Gasteiger charge is 2.17. The third kappa shape index (κ3) is 4.54. The van der Waals surface area contributed by atoms with Crippen molar-refractivity contribution in [1.82, 2.24) is 4.57 Å². The molecule has 2 nitrogen and oxygen atoms in total. The van der Waals surface area contributed by atoms with Gasteiger partial charge >= 0.3 is 0 Å². The van der Waals surface area contributed by atoms with Gasteiger partial charge in [-0.05, 0) is 71.3 Å². The second-order valence-electron chi connectivity index (χ2n) is 11.0. The van der Waals surface area contributed by atoms with E-state index in [2.05, 4.69) is 191 Å². The number of nitrogens with zero attached hydrogens (tertiary/aromatic N) is 2. The van der Waals surface area contributed by atoms with E-state index in [9.17, 15) is 0 Å². The Labute approximate surface area is 257 Å². The van der Waals surface area contributed by atoms with Crippen molar-refractivity contribution in [1.29, 1.82) is 0 Å². The molecule has 1 heterocycles. The summed E-state index contributed by atoms with van der Waals surface area (Å²) in [6.45, 7) is 0. The molecule has 8 aromatic rings. The van der Waals surface area contributed by atoms with Crippen LogP contribution >= 0.6 is 0 Å². The fourth-order valence-corrected chi connectivity index (χ4v) is 6.34. The second kappa shape index (κ2) is 11.1. The van der Waals surface area contributed by atoms with E-state index in [1.165, 1.54) is 44.1 Å². The Balaban J connectivity index is 1.17. The number of hydrogen-bond donors (Lipinski definition) is 0. The number of rotatable bonds is 6. The number of hydrogen-bond acceptors (Lipinski definition) is 1. The molecule has 8 rings (SSSR count). The van der Waals surface area contributed by atoms with Crippen LogP contribution in [0, 0.1) is 0 Å². The molecule has 0 atom stereocenters. The number of benzene rings is 7. The largest absolute Gasteiger partial charge is 0.310 e. The van der Waals surface area contributed by atoms with Crippen molar-refractivity contribution < 1.29 is 0 Å². The van der Waals surface area contributed by atoms with Gasteiger partial charge in [0.05, 0.1) is 16.7 Å². The van der Waals surface area contributed by atoms with Crippen molar-refractivity contribution >= 4 is 38.9 Å². The van der Waals surface area contributed by atoms with Gasteiger partial charge in [-0.25, -0.2) is 0 Å². The van der Waals surface area contributed by atoms with Crippen molar-refractivity contribution in [2.45, 2.75) is 0 Å². The van der Waals surface area contributed by atoms with Gasteiger partial charge in [0.2, 0.25) is 0 Å². The summed E-state index contributed by atoms with van der Waals surface area (Å²) in [5.74, 6) is 0. The summed E-state index contributed by atoms with van der Waals surface area (Å²) in [5, 5.41) is 2.55. The number of para-hydroxylation sites is 4. The summed E-state index contributed by atoms with van der Waals surface area (Å²) >= 11 is 0. The zero-order chi connectivity index (χ0) is 29.3. The molecule has 0 aliphatic rings. The molecular formula is C42H30N2. The van der Waals surface area contributed by atoms with Crippen LogP contribution in [0.25, 0.3) is 49.7 Å². The van der Waals surface area contributed by atoms with Gasteiger partial charge in [-0.2, -0.15) is 0 Å². The van der Waals surface area contributed by atoms with E-state index >= 15 is 0 Å². The van der Waals surface area contributed by atoms with E-state index in [0.717, 1.165) is 22.7 Å². The third-order valence-corrected chi connectivity index (χ3v) is 8.41. The van der Waals surface area contributed by atoms with E-state index in [-0.39, 0.29) is 0 Å². The first-order valence-electron chi connectivity index (χ1n) is 15.0. The van der Waals surface area contributed by atoms with Crippen molar-refractivity contribution in [2.24, 2.45) is 0 Å². The Hall–Kier alpha value is -5.86. The van der Waals surface area contributed by atoms with E-state index in [1.807, 2.05) is 0 Å². The molecule has 0 spiro atoms. The van der Waals surface area contributed by atoms with Gasteiger partial charge in [-0.15, -0.1) is 0 Å². The van der Waals surface area contributed by atoms with Crippen LogP contribution in [0.2, 0.25) is 0 Å². The molecular weight excluding hydrogens is 532 g/mol. The Bertz CT molecular complexity index is 2140. The lowest BCUT2D eigenvalue weighted by Gasteiger charge is -2.28. The first-order chi connectivity index (χ1) is 21.8. The average molecular weight is 563 g/mol. The quantitative estimate of drug-likeness (QED) is 0.196. The first-order valence-corrected chi connectivity index (χ1v) is 15.0. The molecule has 0 saturated carbocycles. The standard InChI is InChI=1S/C42H30N2/c1-3-13-33(14-4-1)37-17-7-10-20-40(37)43(34-15-5-2-6-16-34)35-27-23-31(24-28-35)32-25-29-36(30-26-32)44-41-21-11-8-18-38(41)39-19-9-12-22-42(39)44/h1-30H. The normalized spacial score (nSPS) is 11.2. The molecule has 0 aliphatic carbocycles. The maximum atomic E-state index is 2.36. The lowest BCUT2D eigenvalue weighted by molar-refractivity contribution is 1.18. The summed E-state index contributed by atoms with van der Waals surface area (Å²) in [7, 11) is 0. The van der Waals surface area contributed by atoms with Gasteiger partial charge < -0.3 is 9.47 Å². The monoisotopic (exact) mass is 562 g/mol. The first kappa shape index (κ1) is 25.8. The van der Waals surface area contributed by atoms with Crippen LogP contribution in [0.15, 0.2) is 182 Å². The molecule has 208 valence electrons. The van der Waals surface area contributed by atoms with Crippen LogP contribution in [-0.4, -0.2) is 4.57 Å². The molecule has 0 aliphatic heterocycles. The lowest BCUT2D eigenvalue weighted by atomic mass is 10.0. The predicted molar refractivity (Wildman–Crippen MR) is 186 cm³/mol. The minimum Gasteiger partial charge on any atom is -0.310 e. The number of anilines is 3. The van der Waals surface area contributed by atoms with Crippen molar-refractivity contribution in [3.8, 4) is 27.9 Å². The van der Waals surface area contributed by atoms with Crippen molar-refractivity contribution in [2.75, 3.05) is 4.90 Å². The minimum absolute atomic E-state index is 1.12. The molecule has 0 radical (unpaired) electrons. The van der Waals surface area contributed by atoms with E-state index in [4.69, 9.17) is 0 Å². The van der Waals surface area contributed by atoms with E-state index in [0.29, 0.717) is 0 Å². The fraction of sp³-hybridized carbons (Fsp3) is 0. The molecule has 0 N–H and O–H groups in total. The van der Waals surface area contributed by atoms with Gasteiger partial charge in [0, 0.05) is 33.4 Å². The number of aromatic nitrogens is 1. The van der Waals surface area contributed by atoms with Crippen LogP contribution < -0.4 is 4.90 Å². The summed E-state index contributed by atoms with van der Waals surface area (Å²) in [5.41, 5.74) is 11.8. The molecule has 1 aromatic heterocycles. The van der Waals surface area contributed by atoms with Crippen LogP contribution in [0.5, 0.6) is 0 Å². The summed E-state index contributed by atoms with van der Waals surface area (Å²) < 4.78 is 2.36. The van der Waals surface area contributed by atoms with Gasteiger partial charge in [-0.3, -0.25) is 0 Å². The average Bonchev–Trinajstić information content (AvgIpc) is 3.44. The maximum absolute atomic E-state index is 2.36. The van der Waals surface area contributed by atoms with E-state index < -0.39 is 0 Å². The highest BCUT2D eigenvalue weighted by atomic mass is 15.1. The Kier molecular flexibility index (Phi) is 6.51. The van der Waals surface area contributed by atoms with Gasteiger partial charge in [0.25, 0.3) is 0 Å². The minimum atomic E-state index is 1.12. The topological polar surface area (TPSA) is 8.17 Å². The molecule has 0 unspecified atom stereocenters. The molecule has 0 fully saturated rings. The van der Waals surface area contributed by atoms with E-state index in [1.54, 1.807) is 0 Å². The number of fused-ring (bicyclic) bond motifs is 3. The Morgan fingerprint density at radius 1 is 0.341 bits per heavy atom. The van der Waals surface area contributed by atoms with Gasteiger partial charge in [-0.1, -0.05) is 127 Å². The van der Waals surface area contributed by atoms with Crippen molar-refractivity contribution in [3.63, 3.8) is 0 Å². The summed E-state index contributed by atoms with van der Waals surface area (Å²) in [4.78, 5) is 2.34. The highest BCUT2D eigenvalue weighted by molar-refractivity contribution is 6.09. The second-order valence-corrected chi connectivity index (χ2v) is 11.0. The lowest BCUT2D eigenvalue weighted by Crippen LogP contribution is -2.11. The zero-order valence-electron chi connectivity index (χ0n) is 24.2. The maximum Gasteiger partial charge on any atom is 0.0541 e. The van der Waals surface area contributed by atoms with Crippen LogP contribution in [0.3, 0.4) is 0 Å². The SMILES string of the molecule is c1ccc(-c2ccccc2N(c2ccccc2)c2ccc(-c3ccc(-n4c5ccccc5c5ccccc54)cc3)cc2)cc1. The Morgan fingerprint density at radius 3 is 1.45 bits per heavy atom. The van der Waals surface area contributed by atoms with Crippen molar-refractivity contribution in [3.05, 3.63) is 182 Å². The molecule has 44 heavy (non-hydrogen) atoms. The van der Waals surface area contributed by atoms with Crippen LogP contribution in [0.1, 0.15) is 0 Å². The van der Waals surface area contributed by atoms with Crippen LogP contribution in [0.4, 0.5) is 17.1 Å². The fourth-order valence-electron chi connectivity index (χ4n) is 6.34. The molecule has 0 saturated heterocycles. The molecule has 0 amide bonds. The van der Waals surface area contributed by atoms with Gasteiger partial charge in [0.15, 0.2) is 0 Å². The smallest absolute Gasteiger partial charge is 0.0541 e.